The predicted molar refractivity (Wildman–Crippen MR) is 72.0 cm³/mol. The summed E-state index contributed by atoms with van der Waals surface area (Å²) in [5.74, 6) is 0.646. The second-order valence-corrected chi connectivity index (χ2v) is 5.29. The molecule has 1 saturated heterocycles. The first-order valence-corrected chi connectivity index (χ1v) is 6.43. The molecule has 1 fully saturated rings. The van der Waals surface area contributed by atoms with Crippen LogP contribution in [-0.4, -0.2) is 49.2 Å². The molecule has 0 N–H and O–H groups in total. The van der Waals surface area contributed by atoms with Gasteiger partial charge in [-0.3, -0.25) is 10.1 Å². The van der Waals surface area contributed by atoms with Gasteiger partial charge in [0.25, 0.3) is 5.69 Å². The minimum atomic E-state index is -0.368. The molecule has 19 heavy (non-hydrogen) atoms. The molecule has 0 spiro atoms. The van der Waals surface area contributed by atoms with E-state index in [4.69, 9.17) is 4.74 Å². The highest BCUT2D eigenvalue weighted by molar-refractivity contribution is 5.69. The van der Waals surface area contributed by atoms with Crippen molar-refractivity contribution in [3.05, 3.63) is 27.8 Å². The first-order valence-electron chi connectivity index (χ1n) is 6.43. The van der Waals surface area contributed by atoms with E-state index in [1.54, 1.807) is 6.07 Å². The largest absolute Gasteiger partial charge is 0.489 e. The molecule has 2 aliphatic heterocycles. The number of aryl methyl sites for hydroxylation is 1. The average molecular weight is 263 g/mol. The van der Waals surface area contributed by atoms with Gasteiger partial charge in [0.1, 0.15) is 12.4 Å². The SMILES string of the molecule is Cc1cc([N+](=O)[O-])cc2c1N1CCN(C)C[C@@H]1CO2. The van der Waals surface area contributed by atoms with Gasteiger partial charge in [-0.15, -0.1) is 0 Å². The number of rotatable bonds is 1. The summed E-state index contributed by atoms with van der Waals surface area (Å²) in [4.78, 5) is 15.1. The fourth-order valence-electron chi connectivity index (χ4n) is 2.95. The molecule has 0 aromatic heterocycles. The normalized spacial score (nSPS) is 22.4. The maximum Gasteiger partial charge on any atom is 0.273 e. The number of nitro groups is 1. The highest BCUT2D eigenvalue weighted by atomic mass is 16.6. The van der Waals surface area contributed by atoms with Crippen LogP contribution in [0.3, 0.4) is 0 Å². The third-order valence-corrected chi connectivity index (χ3v) is 3.87. The van der Waals surface area contributed by atoms with Gasteiger partial charge < -0.3 is 14.5 Å². The van der Waals surface area contributed by atoms with E-state index in [9.17, 15) is 10.1 Å². The van der Waals surface area contributed by atoms with Gasteiger partial charge in [0, 0.05) is 25.7 Å². The van der Waals surface area contributed by atoms with Crippen molar-refractivity contribution in [1.82, 2.24) is 4.90 Å². The summed E-state index contributed by atoms with van der Waals surface area (Å²) in [5, 5.41) is 10.9. The lowest BCUT2D eigenvalue weighted by molar-refractivity contribution is -0.385. The lowest BCUT2D eigenvalue weighted by atomic mass is 10.0. The fraction of sp³-hybridized carbons (Fsp3) is 0.538. The Hall–Kier alpha value is -1.82. The van der Waals surface area contributed by atoms with E-state index in [1.165, 1.54) is 6.07 Å². The quantitative estimate of drug-likeness (QED) is 0.566. The van der Waals surface area contributed by atoms with E-state index < -0.39 is 0 Å². The molecule has 0 amide bonds. The van der Waals surface area contributed by atoms with Crippen LogP contribution >= 0.6 is 0 Å². The van der Waals surface area contributed by atoms with E-state index in [1.807, 2.05) is 6.92 Å². The topological polar surface area (TPSA) is 58.9 Å². The predicted octanol–water partition coefficient (Wildman–Crippen LogP) is 1.42. The lowest BCUT2D eigenvalue weighted by Gasteiger charge is -2.45. The van der Waals surface area contributed by atoms with Gasteiger partial charge in [-0.25, -0.2) is 0 Å². The highest BCUT2D eigenvalue weighted by Gasteiger charge is 2.33. The van der Waals surface area contributed by atoms with Crippen molar-refractivity contribution >= 4 is 11.4 Å². The molecule has 102 valence electrons. The number of anilines is 1. The van der Waals surface area contributed by atoms with E-state index in [0.717, 1.165) is 30.9 Å². The number of piperazine rings is 1. The minimum absolute atomic E-state index is 0.101. The third kappa shape index (κ3) is 2.02. The molecule has 2 heterocycles. The number of nitro benzene ring substituents is 1. The van der Waals surface area contributed by atoms with Crippen molar-refractivity contribution in [3.63, 3.8) is 0 Å². The van der Waals surface area contributed by atoms with Crippen LogP contribution in [0.15, 0.2) is 12.1 Å². The van der Waals surface area contributed by atoms with E-state index in [2.05, 4.69) is 16.8 Å². The van der Waals surface area contributed by atoms with Crippen LogP contribution in [0.1, 0.15) is 5.56 Å². The van der Waals surface area contributed by atoms with Crippen molar-refractivity contribution in [2.75, 3.05) is 38.2 Å². The molecule has 0 radical (unpaired) electrons. The number of fused-ring (bicyclic) bond motifs is 3. The third-order valence-electron chi connectivity index (χ3n) is 3.87. The Morgan fingerprint density at radius 1 is 1.42 bits per heavy atom. The Labute approximate surface area is 111 Å². The molecule has 1 aromatic carbocycles. The molecule has 0 saturated carbocycles. The lowest BCUT2D eigenvalue weighted by Crippen LogP contribution is -2.56. The molecule has 6 heteroatoms. The summed E-state index contributed by atoms with van der Waals surface area (Å²) in [5.41, 5.74) is 2.04. The number of hydrogen-bond donors (Lipinski definition) is 0. The van der Waals surface area contributed by atoms with Crippen LogP contribution in [-0.2, 0) is 0 Å². The fourth-order valence-corrected chi connectivity index (χ4v) is 2.95. The average Bonchev–Trinajstić information content (AvgIpc) is 2.37. The zero-order chi connectivity index (χ0) is 13.6. The van der Waals surface area contributed by atoms with Gasteiger partial charge >= 0.3 is 0 Å². The summed E-state index contributed by atoms with van der Waals surface area (Å²) in [6.07, 6.45) is 0. The van der Waals surface area contributed by atoms with Crippen LogP contribution in [0.25, 0.3) is 0 Å². The molecule has 0 aliphatic carbocycles. The molecular formula is C13H17N3O3. The van der Waals surface area contributed by atoms with Gasteiger partial charge in [-0.1, -0.05) is 0 Å². The van der Waals surface area contributed by atoms with Gasteiger partial charge in [0.05, 0.1) is 22.7 Å². The molecule has 1 aromatic rings. The van der Waals surface area contributed by atoms with Crippen molar-refractivity contribution in [2.45, 2.75) is 13.0 Å². The van der Waals surface area contributed by atoms with Gasteiger partial charge in [0.2, 0.25) is 0 Å². The molecule has 0 unspecified atom stereocenters. The Balaban J connectivity index is 2.01. The number of ether oxygens (including phenoxy) is 1. The van der Waals surface area contributed by atoms with Crippen molar-refractivity contribution in [3.8, 4) is 5.75 Å². The Bertz CT molecular complexity index is 532. The number of non-ortho nitro benzene ring substituents is 1. The van der Waals surface area contributed by atoms with E-state index in [0.29, 0.717) is 18.4 Å². The summed E-state index contributed by atoms with van der Waals surface area (Å²) in [6.45, 7) is 5.42. The first kappa shape index (κ1) is 12.2. The molecule has 3 rings (SSSR count). The Morgan fingerprint density at radius 2 is 2.21 bits per heavy atom. The minimum Gasteiger partial charge on any atom is -0.489 e. The summed E-state index contributed by atoms with van der Waals surface area (Å²) in [6, 6.07) is 3.51. The zero-order valence-corrected chi connectivity index (χ0v) is 11.1. The molecule has 6 nitrogen and oxygen atoms in total. The van der Waals surface area contributed by atoms with Crippen molar-refractivity contribution < 1.29 is 9.66 Å². The summed E-state index contributed by atoms with van der Waals surface area (Å²) in [7, 11) is 2.11. The summed E-state index contributed by atoms with van der Waals surface area (Å²) >= 11 is 0. The van der Waals surface area contributed by atoms with Crippen LogP contribution in [0.4, 0.5) is 11.4 Å². The van der Waals surface area contributed by atoms with Crippen LogP contribution in [0, 0.1) is 17.0 Å². The van der Waals surface area contributed by atoms with Crippen LogP contribution in [0.5, 0.6) is 5.75 Å². The molecule has 2 aliphatic rings. The maximum absolute atomic E-state index is 10.9. The zero-order valence-electron chi connectivity index (χ0n) is 11.1. The van der Waals surface area contributed by atoms with Crippen molar-refractivity contribution in [2.24, 2.45) is 0 Å². The van der Waals surface area contributed by atoms with Gasteiger partial charge in [-0.2, -0.15) is 0 Å². The highest BCUT2D eigenvalue weighted by Crippen LogP contribution is 2.40. The Morgan fingerprint density at radius 3 is 2.95 bits per heavy atom. The maximum atomic E-state index is 10.9. The monoisotopic (exact) mass is 263 g/mol. The number of hydrogen-bond acceptors (Lipinski definition) is 5. The van der Waals surface area contributed by atoms with Gasteiger partial charge in [0.15, 0.2) is 0 Å². The van der Waals surface area contributed by atoms with Crippen LogP contribution in [0.2, 0.25) is 0 Å². The molecule has 0 bridgehead atoms. The number of benzene rings is 1. The number of nitrogens with zero attached hydrogens (tertiary/aromatic N) is 3. The smallest absolute Gasteiger partial charge is 0.273 e. The summed E-state index contributed by atoms with van der Waals surface area (Å²) < 4.78 is 5.74. The number of likely N-dealkylation sites (N-methyl/N-ethyl adjacent to an activating group) is 1. The van der Waals surface area contributed by atoms with E-state index >= 15 is 0 Å². The Kier molecular flexibility index (Phi) is 2.82. The first-order chi connectivity index (χ1) is 9.06. The second kappa shape index (κ2) is 4.38. The molecular weight excluding hydrogens is 246 g/mol. The van der Waals surface area contributed by atoms with Crippen molar-refractivity contribution in [1.29, 1.82) is 0 Å². The van der Waals surface area contributed by atoms with Gasteiger partial charge in [-0.05, 0) is 19.5 Å². The van der Waals surface area contributed by atoms with Crippen LogP contribution < -0.4 is 9.64 Å². The van der Waals surface area contributed by atoms with E-state index in [-0.39, 0.29) is 10.6 Å². The second-order valence-electron chi connectivity index (χ2n) is 5.29. The standard InChI is InChI=1S/C13H17N3O3/c1-9-5-10(16(17)18)6-12-13(9)15-4-3-14(2)7-11(15)8-19-12/h5-6,11H,3-4,7-8H2,1-2H3/t11-/m1/s1. The molecule has 1 atom stereocenters.